The van der Waals surface area contributed by atoms with Crippen molar-refractivity contribution in [1.82, 2.24) is 4.57 Å². The summed E-state index contributed by atoms with van der Waals surface area (Å²) in [5.74, 6) is -1.11. The van der Waals surface area contributed by atoms with E-state index in [1.807, 2.05) is 13.8 Å². The third-order valence-electron chi connectivity index (χ3n) is 5.21. The van der Waals surface area contributed by atoms with Gasteiger partial charge >= 0.3 is 5.97 Å². The fourth-order valence-electron chi connectivity index (χ4n) is 3.46. The van der Waals surface area contributed by atoms with Crippen molar-refractivity contribution in [2.45, 2.75) is 46.1 Å². The molecule has 0 fully saturated rings. The van der Waals surface area contributed by atoms with Crippen LogP contribution in [0.3, 0.4) is 0 Å². The van der Waals surface area contributed by atoms with Crippen LogP contribution in [-0.2, 0) is 9.53 Å². The summed E-state index contributed by atoms with van der Waals surface area (Å²) >= 11 is 5.94. The number of aromatic hydroxyl groups is 1. The van der Waals surface area contributed by atoms with Gasteiger partial charge in [-0.1, -0.05) is 18.5 Å². The van der Waals surface area contributed by atoms with E-state index in [9.17, 15) is 14.7 Å². The minimum atomic E-state index is -0.590. The molecule has 0 aliphatic rings. The standard InChI is InChI=1S/C23H24ClNO4/c1-5-13(2)29-23(28)14(3)21-15(4)25(20-11-10-18(26)12-19(20)21)22(27)16-6-8-17(24)9-7-16/h6-14,26H,5H2,1-4H3/t13-,14+/m1/s1. The van der Waals surface area contributed by atoms with Gasteiger partial charge in [-0.05, 0) is 75.2 Å². The molecule has 1 aromatic heterocycles. The number of ether oxygens (including phenoxy) is 1. The second kappa shape index (κ2) is 8.29. The Kier molecular flexibility index (Phi) is 5.99. The molecule has 0 spiro atoms. The smallest absolute Gasteiger partial charge is 0.313 e. The topological polar surface area (TPSA) is 68.5 Å². The van der Waals surface area contributed by atoms with Crippen molar-refractivity contribution in [3.8, 4) is 5.75 Å². The highest BCUT2D eigenvalue weighted by Crippen LogP contribution is 2.35. The first-order valence-corrected chi connectivity index (χ1v) is 9.97. The number of phenolic OH excluding ortho intramolecular Hbond substituents is 1. The summed E-state index contributed by atoms with van der Waals surface area (Å²) in [6, 6.07) is 11.4. The number of halogens is 1. The largest absolute Gasteiger partial charge is 0.508 e. The monoisotopic (exact) mass is 413 g/mol. The fourth-order valence-corrected chi connectivity index (χ4v) is 3.59. The Labute approximate surface area is 174 Å². The van der Waals surface area contributed by atoms with Crippen LogP contribution < -0.4 is 0 Å². The van der Waals surface area contributed by atoms with Gasteiger partial charge < -0.3 is 9.84 Å². The molecule has 0 saturated heterocycles. The zero-order valence-corrected chi connectivity index (χ0v) is 17.7. The Morgan fingerprint density at radius 3 is 2.41 bits per heavy atom. The number of hydrogen-bond acceptors (Lipinski definition) is 4. The van der Waals surface area contributed by atoms with E-state index in [4.69, 9.17) is 16.3 Å². The Balaban J connectivity index is 2.15. The molecule has 0 radical (unpaired) electrons. The van der Waals surface area contributed by atoms with Crippen molar-refractivity contribution in [2.24, 2.45) is 0 Å². The highest BCUT2D eigenvalue weighted by molar-refractivity contribution is 6.30. The Morgan fingerprint density at radius 1 is 1.14 bits per heavy atom. The number of carbonyl (C=O) groups excluding carboxylic acids is 2. The van der Waals surface area contributed by atoms with Gasteiger partial charge in [0.15, 0.2) is 0 Å². The quantitative estimate of drug-likeness (QED) is 0.565. The lowest BCUT2D eigenvalue weighted by molar-refractivity contribution is -0.149. The van der Waals surface area contributed by atoms with Gasteiger partial charge in [0, 0.05) is 21.7 Å². The maximum atomic E-state index is 13.2. The average molecular weight is 414 g/mol. The van der Waals surface area contributed by atoms with Crippen LogP contribution in [-0.4, -0.2) is 27.7 Å². The molecule has 0 aliphatic carbocycles. The van der Waals surface area contributed by atoms with Crippen molar-refractivity contribution in [3.63, 3.8) is 0 Å². The van der Waals surface area contributed by atoms with Gasteiger partial charge in [0.1, 0.15) is 5.75 Å². The van der Waals surface area contributed by atoms with Crippen LogP contribution in [0.15, 0.2) is 42.5 Å². The fraction of sp³-hybridized carbons (Fsp3) is 0.304. The van der Waals surface area contributed by atoms with Crippen molar-refractivity contribution >= 4 is 34.4 Å². The Hall–Kier alpha value is -2.79. The van der Waals surface area contributed by atoms with E-state index in [1.54, 1.807) is 54.8 Å². The molecule has 0 unspecified atom stereocenters. The Bertz CT molecular complexity index is 1070. The second-order valence-electron chi connectivity index (χ2n) is 7.23. The number of nitrogens with zero attached hydrogens (tertiary/aromatic N) is 1. The number of benzene rings is 2. The van der Waals surface area contributed by atoms with Gasteiger partial charge in [0.05, 0.1) is 17.5 Å². The molecule has 2 atom stereocenters. The zero-order valence-electron chi connectivity index (χ0n) is 16.9. The maximum absolute atomic E-state index is 13.2. The van der Waals surface area contributed by atoms with Gasteiger partial charge in [-0.2, -0.15) is 0 Å². The maximum Gasteiger partial charge on any atom is 0.313 e. The summed E-state index contributed by atoms with van der Waals surface area (Å²) in [5.41, 5.74) is 2.41. The van der Waals surface area contributed by atoms with E-state index < -0.39 is 5.92 Å². The van der Waals surface area contributed by atoms with Gasteiger partial charge in [-0.15, -0.1) is 0 Å². The highest BCUT2D eigenvalue weighted by atomic mass is 35.5. The summed E-state index contributed by atoms with van der Waals surface area (Å²) in [5, 5.41) is 11.2. The first-order chi connectivity index (χ1) is 13.7. The van der Waals surface area contributed by atoms with Gasteiger partial charge in [-0.3, -0.25) is 14.2 Å². The zero-order chi connectivity index (χ0) is 21.3. The normalized spacial score (nSPS) is 13.3. The van der Waals surface area contributed by atoms with Crippen LogP contribution in [0.4, 0.5) is 0 Å². The number of phenols is 1. The summed E-state index contributed by atoms with van der Waals surface area (Å²) < 4.78 is 7.08. The summed E-state index contributed by atoms with van der Waals surface area (Å²) in [6.45, 7) is 7.35. The number of fused-ring (bicyclic) bond motifs is 1. The third-order valence-corrected chi connectivity index (χ3v) is 5.46. The first-order valence-electron chi connectivity index (χ1n) is 9.59. The van der Waals surface area contributed by atoms with E-state index in [-0.39, 0.29) is 23.7 Å². The molecule has 0 aliphatic heterocycles. The molecular formula is C23H24ClNO4. The van der Waals surface area contributed by atoms with Crippen LogP contribution in [0.2, 0.25) is 5.02 Å². The summed E-state index contributed by atoms with van der Waals surface area (Å²) in [4.78, 5) is 25.9. The van der Waals surface area contributed by atoms with Crippen molar-refractivity contribution in [3.05, 3.63) is 64.3 Å². The van der Waals surface area contributed by atoms with E-state index >= 15 is 0 Å². The minimum Gasteiger partial charge on any atom is -0.508 e. The molecule has 1 heterocycles. The first kappa shape index (κ1) is 20.9. The lowest BCUT2D eigenvalue weighted by Crippen LogP contribution is -2.20. The van der Waals surface area contributed by atoms with Crippen molar-refractivity contribution in [1.29, 1.82) is 0 Å². The number of aromatic nitrogens is 1. The molecule has 5 nitrogen and oxygen atoms in total. The van der Waals surface area contributed by atoms with Crippen molar-refractivity contribution < 1.29 is 19.4 Å². The molecule has 1 N–H and O–H groups in total. The molecule has 6 heteroatoms. The van der Waals surface area contributed by atoms with Crippen LogP contribution >= 0.6 is 11.6 Å². The SMILES string of the molecule is CC[C@@H](C)OC(=O)[C@@H](C)c1c(C)n(C(=O)c2ccc(Cl)cc2)c2ccc(O)cc12. The minimum absolute atomic E-state index is 0.0670. The molecule has 2 aromatic carbocycles. The number of carbonyl (C=O) groups is 2. The molecule has 0 bridgehead atoms. The molecule has 3 rings (SSSR count). The van der Waals surface area contributed by atoms with Gasteiger partial charge in [0.25, 0.3) is 5.91 Å². The predicted molar refractivity (Wildman–Crippen MR) is 114 cm³/mol. The van der Waals surface area contributed by atoms with Crippen LogP contribution in [0.1, 0.15) is 54.7 Å². The highest BCUT2D eigenvalue weighted by Gasteiger charge is 2.28. The van der Waals surface area contributed by atoms with Gasteiger partial charge in [0.2, 0.25) is 0 Å². The molecule has 0 amide bonds. The van der Waals surface area contributed by atoms with Crippen LogP contribution in [0.5, 0.6) is 5.75 Å². The predicted octanol–water partition coefficient (Wildman–Crippen LogP) is 5.44. The molecule has 0 saturated carbocycles. The van der Waals surface area contributed by atoms with Crippen LogP contribution in [0, 0.1) is 6.92 Å². The number of esters is 1. The summed E-state index contributed by atoms with van der Waals surface area (Å²) in [7, 11) is 0. The average Bonchev–Trinajstić information content (AvgIpc) is 2.98. The van der Waals surface area contributed by atoms with Gasteiger partial charge in [-0.25, -0.2) is 0 Å². The number of rotatable bonds is 5. The van der Waals surface area contributed by atoms with E-state index in [0.717, 1.165) is 6.42 Å². The lowest BCUT2D eigenvalue weighted by atomic mass is 9.97. The molecule has 152 valence electrons. The number of hydrogen-bond donors (Lipinski definition) is 1. The Morgan fingerprint density at radius 2 is 1.79 bits per heavy atom. The van der Waals surface area contributed by atoms with E-state index in [1.165, 1.54) is 6.07 Å². The van der Waals surface area contributed by atoms with E-state index in [0.29, 0.717) is 32.7 Å². The summed E-state index contributed by atoms with van der Waals surface area (Å²) in [6.07, 6.45) is 0.525. The van der Waals surface area contributed by atoms with Crippen molar-refractivity contribution in [2.75, 3.05) is 0 Å². The van der Waals surface area contributed by atoms with Crippen LogP contribution in [0.25, 0.3) is 10.9 Å². The third kappa shape index (κ3) is 4.01. The lowest BCUT2D eigenvalue weighted by Gasteiger charge is -2.16. The molecule has 29 heavy (non-hydrogen) atoms. The second-order valence-corrected chi connectivity index (χ2v) is 7.66. The van der Waals surface area contributed by atoms with E-state index in [2.05, 4.69) is 0 Å². The molecular weight excluding hydrogens is 390 g/mol. The molecule has 3 aromatic rings.